The van der Waals surface area contributed by atoms with E-state index in [1.807, 2.05) is 23.2 Å². The molecule has 0 radical (unpaired) electrons. The summed E-state index contributed by atoms with van der Waals surface area (Å²) in [7, 11) is 0. The molecule has 2 aromatic heterocycles. The second-order valence-corrected chi connectivity index (χ2v) is 9.29. The summed E-state index contributed by atoms with van der Waals surface area (Å²) in [6.07, 6.45) is 10.6. The number of piperidine rings is 1. The first-order valence-electron chi connectivity index (χ1n) is 11.5. The van der Waals surface area contributed by atoms with Gasteiger partial charge in [-0.1, -0.05) is 0 Å². The van der Waals surface area contributed by atoms with Crippen LogP contribution in [0, 0.1) is 11.8 Å². The molecule has 1 aliphatic carbocycles. The van der Waals surface area contributed by atoms with Gasteiger partial charge in [-0.3, -0.25) is 4.79 Å². The van der Waals surface area contributed by atoms with E-state index in [0.717, 1.165) is 23.9 Å². The summed E-state index contributed by atoms with van der Waals surface area (Å²) in [6, 6.07) is 3.73. The average molecular weight is 425 g/mol. The van der Waals surface area contributed by atoms with E-state index in [4.69, 9.17) is 10.5 Å². The molecule has 0 bridgehead atoms. The summed E-state index contributed by atoms with van der Waals surface area (Å²) < 4.78 is 7.95. The maximum atomic E-state index is 12.5. The summed E-state index contributed by atoms with van der Waals surface area (Å²) in [4.78, 5) is 25.7. The molecule has 2 saturated heterocycles. The number of aromatic nitrogens is 3. The molecule has 1 atom stereocenters. The van der Waals surface area contributed by atoms with Crippen LogP contribution in [0.4, 0.5) is 5.82 Å². The lowest BCUT2D eigenvalue weighted by atomic mass is 9.95. The van der Waals surface area contributed by atoms with Gasteiger partial charge in [-0.25, -0.2) is 9.97 Å². The standard InChI is InChI=1S/C23H32N6O2/c24-21-11-19(3-6-25-21)23-26-7-10-28(23)14-20-15-29(22(30)16-31-20)13-18-4-8-27(9-5-18)12-17-1-2-17/h3,6-7,10-11,17-18,20H,1-2,4-5,8-9,12-16H2,(H2,24,25). The number of hydrogen-bond acceptors (Lipinski definition) is 6. The predicted octanol–water partition coefficient (Wildman–Crippen LogP) is 1.88. The molecular formula is C23H32N6O2. The average Bonchev–Trinajstić information content (AvgIpc) is 3.46. The van der Waals surface area contributed by atoms with Crippen molar-refractivity contribution in [2.45, 2.75) is 38.3 Å². The van der Waals surface area contributed by atoms with E-state index in [1.165, 1.54) is 45.3 Å². The van der Waals surface area contributed by atoms with Gasteiger partial charge in [-0.2, -0.15) is 0 Å². The Balaban J connectivity index is 1.17. The molecular weight excluding hydrogens is 392 g/mol. The van der Waals surface area contributed by atoms with Crippen LogP contribution in [0.1, 0.15) is 25.7 Å². The maximum absolute atomic E-state index is 12.5. The number of pyridine rings is 1. The Morgan fingerprint density at radius 3 is 2.61 bits per heavy atom. The summed E-state index contributed by atoms with van der Waals surface area (Å²) in [5.74, 6) is 2.98. The summed E-state index contributed by atoms with van der Waals surface area (Å²) in [5.41, 5.74) is 6.77. The monoisotopic (exact) mass is 424 g/mol. The number of nitrogens with two attached hydrogens (primary N) is 1. The maximum Gasteiger partial charge on any atom is 0.248 e. The van der Waals surface area contributed by atoms with Gasteiger partial charge in [-0.05, 0) is 62.7 Å². The Kier molecular flexibility index (Phi) is 5.91. The second-order valence-electron chi connectivity index (χ2n) is 9.29. The minimum Gasteiger partial charge on any atom is -0.384 e. The molecule has 3 aliphatic rings. The number of ether oxygens (including phenoxy) is 1. The van der Waals surface area contributed by atoms with E-state index in [1.54, 1.807) is 12.4 Å². The molecule has 8 heteroatoms. The van der Waals surface area contributed by atoms with Crippen LogP contribution >= 0.6 is 0 Å². The highest BCUT2D eigenvalue weighted by Gasteiger charge is 2.31. The molecule has 3 fully saturated rings. The van der Waals surface area contributed by atoms with Gasteiger partial charge in [0.1, 0.15) is 18.2 Å². The topological polar surface area (TPSA) is 89.5 Å². The summed E-state index contributed by atoms with van der Waals surface area (Å²) >= 11 is 0. The van der Waals surface area contributed by atoms with E-state index >= 15 is 0 Å². The minimum atomic E-state index is -0.0419. The first-order valence-corrected chi connectivity index (χ1v) is 11.5. The van der Waals surface area contributed by atoms with Gasteiger partial charge in [0.05, 0.1) is 12.6 Å². The van der Waals surface area contributed by atoms with Crippen molar-refractivity contribution < 1.29 is 9.53 Å². The Morgan fingerprint density at radius 1 is 1.03 bits per heavy atom. The number of anilines is 1. The van der Waals surface area contributed by atoms with E-state index < -0.39 is 0 Å². The van der Waals surface area contributed by atoms with Crippen LogP contribution in [0.3, 0.4) is 0 Å². The minimum absolute atomic E-state index is 0.0419. The number of amides is 1. The van der Waals surface area contributed by atoms with Crippen molar-refractivity contribution in [2.24, 2.45) is 11.8 Å². The number of likely N-dealkylation sites (tertiary alicyclic amines) is 1. The van der Waals surface area contributed by atoms with Crippen molar-refractivity contribution >= 4 is 11.7 Å². The molecule has 1 amide bonds. The number of carbonyl (C=O) groups excluding carboxylic acids is 1. The normalized spacial score (nSPS) is 23.4. The molecule has 0 spiro atoms. The SMILES string of the molecule is Nc1cc(-c2nccn2CC2CN(CC3CCN(CC4CC4)CC3)C(=O)CO2)ccn1. The Morgan fingerprint density at radius 2 is 1.84 bits per heavy atom. The van der Waals surface area contributed by atoms with Crippen LogP contribution in [0.25, 0.3) is 11.4 Å². The number of imidazole rings is 1. The van der Waals surface area contributed by atoms with Crippen molar-refractivity contribution in [3.8, 4) is 11.4 Å². The van der Waals surface area contributed by atoms with Crippen molar-refractivity contribution in [1.82, 2.24) is 24.3 Å². The van der Waals surface area contributed by atoms with Crippen LogP contribution < -0.4 is 5.73 Å². The fraction of sp³-hybridized carbons (Fsp3) is 0.609. The quantitative estimate of drug-likeness (QED) is 0.730. The zero-order chi connectivity index (χ0) is 21.2. The molecule has 2 aliphatic heterocycles. The molecule has 5 rings (SSSR count). The number of hydrogen-bond donors (Lipinski definition) is 1. The van der Waals surface area contributed by atoms with Crippen molar-refractivity contribution in [3.63, 3.8) is 0 Å². The first kappa shape index (κ1) is 20.5. The molecule has 0 aromatic carbocycles. The number of nitrogen functional groups attached to an aromatic ring is 1. The lowest BCUT2D eigenvalue weighted by molar-refractivity contribution is -0.150. The fourth-order valence-corrected chi connectivity index (χ4v) is 4.82. The third kappa shape index (κ3) is 5.07. The van der Waals surface area contributed by atoms with Gasteiger partial charge >= 0.3 is 0 Å². The van der Waals surface area contributed by atoms with Crippen LogP contribution in [-0.2, 0) is 16.1 Å². The van der Waals surface area contributed by atoms with Crippen LogP contribution in [-0.4, -0.2) is 75.7 Å². The highest BCUT2D eigenvalue weighted by Crippen LogP contribution is 2.31. The Hall–Kier alpha value is -2.45. The molecule has 2 N–H and O–H groups in total. The number of nitrogens with zero attached hydrogens (tertiary/aromatic N) is 5. The molecule has 2 aromatic rings. The van der Waals surface area contributed by atoms with Crippen molar-refractivity contribution in [2.75, 3.05) is 45.1 Å². The van der Waals surface area contributed by atoms with Crippen LogP contribution in [0.15, 0.2) is 30.7 Å². The molecule has 8 nitrogen and oxygen atoms in total. The van der Waals surface area contributed by atoms with Crippen LogP contribution in [0.2, 0.25) is 0 Å². The Bertz CT molecular complexity index is 903. The van der Waals surface area contributed by atoms with Crippen LogP contribution in [0.5, 0.6) is 0 Å². The van der Waals surface area contributed by atoms with E-state index in [2.05, 4.69) is 19.4 Å². The molecule has 1 saturated carbocycles. The fourth-order valence-electron chi connectivity index (χ4n) is 4.82. The highest BCUT2D eigenvalue weighted by atomic mass is 16.5. The number of morpholine rings is 1. The van der Waals surface area contributed by atoms with Crippen molar-refractivity contribution in [3.05, 3.63) is 30.7 Å². The van der Waals surface area contributed by atoms with E-state index in [0.29, 0.717) is 24.8 Å². The zero-order valence-electron chi connectivity index (χ0n) is 18.0. The predicted molar refractivity (Wildman–Crippen MR) is 118 cm³/mol. The lowest BCUT2D eigenvalue weighted by Crippen LogP contribution is -2.50. The largest absolute Gasteiger partial charge is 0.384 e. The van der Waals surface area contributed by atoms with Gasteiger partial charge in [0.2, 0.25) is 5.91 Å². The second kappa shape index (κ2) is 8.96. The third-order valence-electron chi connectivity index (χ3n) is 6.77. The van der Waals surface area contributed by atoms with Gasteiger partial charge < -0.3 is 24.8 Å². The highest BCUT2D eigenvalue weighted by molar-refractivity contribution is 5.78. The third-order valence-corrected chi connectivity index (χ3v) is 6.77. The lowest BCUT2D eigenvalue weighted by Gasteiger charge is -2.38. The van der Waals surface area contributed by atoms with E-state index in [-0.39, 0.29) is 18.6 Å². The smallest absolute Gasteiger partial charge is 0.248 e. The molecule has 31 heavy (non-hydrogen) atoms. The van der Waals surface area contributed by atoms with Gasteiger partial charge in [0, 0.05) is 43.8 Å². The number of rotatable bonds is 7. The number of carbonyl (C=O) groups is 1. The molecule has 1 unspecified atom stereocenters. The summed E-state index contributed by atoms with van der Waals surface area (Å²) in [5, 5.41) is 0. The van der Waals surface area contributed by atoms with E-state index in [9.17, 15) is 4.79 Å². The molecule has 166 valence electrons. The zero-order valence-corrected chi connectivity index (χ0v) is 18.0. The van der Waals surface area contributed by atoms with Gasteiger partial charge in [0.15, 0.2) is 0 Å². The Labute approximate surface area is 183 Å². The molecule has 4 heterocycles. The van der Waals surface area contributed by atoms with Gasteiger partial charge in [-0.15, -0.1) is 0 Å². The first-order chi connectivity index (χ1) is 15.1. The summed E-state index contributed by atoms with van der Waals surface area (Å²) in [6.45, 7) is 5.94. The van der Waals surface area contributed by atoms with Gasteiger partial charge in [0.25, 0.3) is 0 Å². The van der Waals surface area contributed by atoms with Crippen molar-refractivity contribution in [1.29, 1.82) is 0 Å².